The smallest absolute Gasteiger partial charge is 0.414 e. The summed E-state index contributed by atoms with van der Waals surface area (Å²) in [5, 5.41) is 21.7. The third-order valence-electron chi connectivity index (χ3n) is 6.23. The number of carboxylic acid groups (broad SMARTS) is 1. The number of aliphatic hydroxyl groups is 1. The van der Waals surface area contributed by atoms with Crippen LogP contribution in [-0.2, 0) is 17.0 Å². The Bertz CT molecular complexity index is 1400. The van der Waals surface area contributed by atoms with Crippen molar-refractivity contribution in [1.29, 1.82) is 0 Å². The van der Waals surface area contributed by atoms with Crippen molar-refractivity contribution in [1.82, 2.24) is 14.9 Å². The van der Waals surface area contributed by atoms with Crippen LogP contribution in [-0.4, -0.2) is 57.3 Å². The van der Waals surface area contributed by atoms with Crippen molar-refractivity contribution >= 4 is 29.0 Å². The fourth-order valence-electron chi connectivity index (χ4n) is 4.49. The molecule has 9 nitrogen and oxygen atoms in total. The SMILES string of the molecule is COCCN(C(=O)O)c1nc2ccc(C3(O)c4ccccc4C(=O)N3Cc3ccccc3)cc2[nH]1. The minimum Gasteiger partial charge on any atom is -0.465 e. The van der Waals surface area contributed by atoms with E-state index in [1.165, 1.54) is 12.0 Å². The first kappa shape index (κ1) is 22.6. The molecule has 0 bridgehead atoms. The van der Waals surface area contributed by atoms with Crippen molar-refractivity contribution in [3.63, 3.8) is 0 Å². The molecule has 2 amide bonds. The van der Waals surface area contributed by atoms with E-state index < -0.39 is 11.8 Å². The zero-order valence-electron chi connectivity index (χ0n) is 19.0. The van der Waals surface area contributed by atoms with Crippen LogP contribution in [0.2, 0.25) is 0 Å². The highest BCUT2D eigenvalue weighted by molar-refractivity contribution is 6.00. The third kappa shape index (κ3) is 3.80. The molecule has 0 spiro atoms. The maximum atomic E-state index is 13.4. The van der Waals surface area contributed by atoms with E-state index in [-0.39, 0.29) is 31.6 Å². The lowest BCUT2D eigenvalue weighted by molar-refractivity contribution is -0.0542. The molecular weight excluding hydrogens is 448 g/mol. The monoisotopic (exact) mass is 472 g/mol. The molecule has 0 fully saturated rings. The van der Waals surface area contributed by atoms with Gasteiger partial charge in [-0.1, -0.05) is 54.6 Å². The number of ether oxygens (including phenoxy) is 1. The predicted octanol–water partition coefficient (Wildman–Crippen LogP) is 3.54. The van der Waals surface area contributed by atoms with E-state index in [0.717, 1.165) is 10.5 Å². The number of hydrogen-bond donors (Lipinski definition) is 3. The summed E-state index contributed by atoms with van der Waals surface area (Å²) in [6, 6.07) is 21.6. The average Bonchev–Trinajstić information content (AvgIpc) is 3.38. The van der Waals surface area contributed by atoms with Gasteiger partial charge in [0, 0.05) is 30.3 Å². The Morgan fingerprint density at radius 3 is 2.60 bits per heavy atom. The topological polar surface area (TPSA) is 119 Å². The lowest BCUT2D eigenvalue weighted by Crippen LogP contribution is -2.44. The molecule has 4 aromatic rings. The number of H-pyrrole nitrogens is 1. The molecule has 0 radical (unpaired) electrons. The second-order valence-electron chi connectivity index (χ2n) is 8.31. The maximum Gasteiger partial charge on any atom is 0.414 e. The highest BCUT2D eigenvalue weighted by Crippen LogP contribution is 2.43. The molecule has 1 aliphatic rings. The van der Waals surface area contributed by atoms with Gasteiger partial charge in [-0.3, -0.25) is 9.69 Å². The number of anilines is 1. The fraction of sp³-hybridized carbons (Fsp3) is 0.192. The zero-order valence-corrected chi connectivity index (χ0v) is 19.0. The summed E-state index contributed by atoms with van der Waals surface area (Å²) in [5.41, 5.74) is 1.63. The second kappa shape index (κ2) is 8.86. The molecule has 1 unspecified atom stereocenters. The summed E-state index contributed by atoms with van der Waals surface area (Å²) in [5.74, 6) is -0.119. The third-order valence-corrected chi connectivity index (χ3v) is 6.23. The van der Waals surface area contributed by atoms with Gasteiger partial charge in [-0.2, -0.15) is 0 Å². The first-order valence-corrected chi connectivity index (χ1v) is 11.1. The fourth-order valence-corrected chi connectivity index (χ4v) is 4.49. The number of amides is 2. The second-order valence-corrected chi connectivity index (χ2v) is 8.31. The molecule has 1 aromatic heterocycles. The summed E-state index contributed by atoms with van der Waals surface area (Å²) in [7, 11) is 1.49. The first-order chi connectivity index (χ1) is 16.9. The Balaban J connectivity index is 1.60. The minimum absolute atomic E-state index is 0.106. The largest absolute Gasteiger partial charge is 0.465 e. The molecule has 0 aliphatic carbocycles. The average molecular weight is 473 g/mol. The van der Waals surface area contributed by atoms with Crippen molar-refractivity contribution in [3.8, 4) is 0 Å². The van der Waals surface area contributed by atoms with Crippen LogP contribution in [0.4, 0.5) is 10.7 Å². The molecule has 5 rings (SSSR count). The highest BCUT2D eigenvalue weighted by atomic mass is 16.5. The summed E-state index contributed by atoms with van der Waals surface area (Å²) in [6.45, 7) is 0.526. The standard InChI is InChI=1S/C26H24N4O5/c1-35-14-13-29(25(32)33)24-27-21-12-11-18(15-22(21)28-24)26(34)20-10-6-5-9-19(20)23(31)30(26)16-17-7-3-2-4-8-17/h2-12,15,34H,13-14,16H2,1H3,(H,27,28)(H,32,33). The van der Waals surface area contributed by atoms with E-state index in [2.05, 4.69) is 9.97 Å². The number of nitrogens with zero attached hydrogens (tertiary/aromatic N) is 3. The molecule has 0 saturated carbocycles. The lowest BCUT2D eigenvalue weighted by Gasteiger charge is -2.35. The van der Waals surface area contributed by atoms with Gasteiger partial charge in [-0.15, -0.1) is 0 Å². The summed E-state index contributed by atoms with van der Waals surface area (Å²) in [4.78, 5) is 35.1. The van der Waals surface area contributed by atoms with Crippen molar-refractivity contribution < 1.29 is 24.5 Å². The molecule has 3 aromatic carbocycles. The van der Waals surface area contributed by atoms with Crippen LogP contribution in [0.15, 0.2) is 72.8 Å². The number of carbonyl (C=O) groups excluding carboxylic acids is 1. The zero-order chi connectivity index (χ0) is 24.6. The van der Waals surface area contributed by atoms with Gasteiger partial charge in [0.2, 0.25) is 5.95 Å². The van der Waals surface area contributed by atoms with E-state index >= 15 is 0 Å². The first-order valence-electron chi connectivity index (χ1n) is 11.1. The summed E-state index contributed by atoms with van der Waals surface area (Å²) < 4.78 is 5.00. The maximum absolute atomic E-state index is 13.4. The molecular formula is C26H24N4O5. The summed E-state index contributed by atoms with van der Waals surface area (Å²) >= 11 is 0. The number of hydrogen-bond acceptors (Lipinski definition) is 5. The predicted molar refractivity (Wildman–Crippen MR) is 129 cm³/mol. The number of nitrogens with one attached hydrogen (secondary N) is 1. The van der Waals surface area contributed by atoms with Crippen molar-refractivity contribution in [2.24, 2.45) is 0 Å². The van der Waals surface area contributed by atoms with Gasteiger partial charge in [-0.05, 0) is 23.8 Å². The number of aromatic nitrogens is 2. The van der Waals surface area contributed by atoms with Crippen LogP contribution in [0, 0.1) is 0 Å². The van der Waals surface area contributed by atoms with E-state index in [0.29, 0.717) is 27.7 Å². The van der Waals surface area contributed by atoms with Gasteiger partial charge in [0.1, 0.15) is 0 Å². The van der Waals surface area contributed by atoms with Crippen LogP contribution in [0.1, 0.15) is 27.0 Å². The number of rotatable bonds is 7. The van der Waals surface area contributed by atoms with Gasteiger partial charge >= 0.3 is 6.09 Å². The van der Waals surface area contributed by atoms with E-state index in [1.54, 1.807) is 42.5 Å². The molecule has 9 heteroatoms. The van der Waals surface area contributed by atoms with Crippen LogP contribution in [0.25, 0.3) is 11.0 Å². The Kier molecular flexibility index (Phi) is 5.72. The minimum atomic E-state index is -1.72. The van der Waals surface area contributed by atoms with Gasteiger partial charge in [0.15, 0.2) is 5.72 Å². The Labute approximate surface area is 201 Å². The van der Waals surface area contributed by atoms with Crippen molar-refractivity contribution in [2.45, 2.75) is 12.3 Å². The number of fused-ring (bicyclic) bond motifs is 2. The van der Waals surface area contributed by atoms with Crippen molar-refractivity contribution in [2.75, 3.05) is 25.2 Å². The van der Waals surface area contributed by atoms with Gasteiger partial charge in [-0.25, -0.2) is 14.7 Å². The van der Waals surface area contributed by atoms with Crippen LogP contribution in [0.5, 0.6) is 0 Å². The molecule has 178 valence electrons. The summed E-state index contributed by atoms with van der Waals surface area (Å²) in [6.07, 6.45) is -1.16. The number of imidazole rings is 1. The Hall–Kier alpha value is -4.21. The lowest BCUT2D eigenvalue weighted by atomic mass is 9.93. The number of aromatic amines is 1. The molecule has 35 heavy (non-hydrogen) atoms. The van der Waals surface area contributed by atoms with Crippen molar-refractivity contribution in [3.05, 3.63) is 95.1 Å². The number of benzene rings is 3. The van der Waals surface area contributed by atoms with E-state index in [9.17, 15) is 19.8 Å². The van der Waals surface area contributed by atoms with Gasteiger partial charge in [0.05, 0.1) is 24.2 Å². The van der Waals surface area contributed by atoms with Gasteiger partial charge < -0.3 is 19.9 Å². The highest BCUT2D eigenvalue weighted by Gasteiger charge is 2.49. The molecule has 1 atom stereocenters. The van der Waals surface area contributed by atoms with Crippen LogP contribution in [0.3, 0.4) is 0 Å². The normalized spacial score (nSPS) is 17.1. The van der Waals surface area contributed by atoms with Crippen LogP contribution < -0.4 is 4.90 Å². The quantitative estimate of drug-likeness (QED) is 0.379. The Morgan fingerprint density at radius 1 is 1.11 bits per heavy atom. The Morgan fingerprint density at radius 2 is 1.86 bits per heavy atom. The molecule has 1 aliphatic heterocycles. The number of methoxy groups -OCH3 is 1. The molecule has 2 heterocycles. The molecule has 0 saturated heterocycles. The van der Waals surface area contributed by atoms with E-state index in [4.69, 9.17) is 4.74 Å². The van der Waals surface area contributed by atoms with Gasteiger partial charge in [0.25, 0.3) is 5.91 Å². The molecule has 3 N–H and O–H groups in total. The number of carbonyl (C=O) groups is 2. The van der Waals surface area contributed by atoms with Crippen LogP contribution >= 0.6 is 0 Å². The van der Waals surface area contributed by atoms with E-state index in [1.807, 2.05) is 30.3 Å².